The van der Waals surface area contributed by atoms with Crippen molar-refractivity contribution in [2.45, 2.75) is 13.8 Å². The minimum atomic E-state index is -0.888. The van der Waals surface area contributed by atoms with Crippen LogP contribution in [0.25, 0.3) is 6.08 Å². The minimum absolute atomic E-state index is 0.0255. The molecule has 1 rings (SSSR count). The van der Waals surface area contributed by atoms with Gasteiger partial charge in [0, 0.05) is 11.1 Å². The maximum Gasteiger partial charge on any atom is 0.331 e. The summed E-state index contributed by atoms with van der Waals surface area (Å²) in [5.41, 5.74) is 1.17. The van der Waals surface area contributed by atoms with Crippen LogP contribution in [0.3, 0.4) is 0 Å². The van der Waals surface area contributed by atoms with E-state index in [-0.39, 0.29) is 5.92 Å². The summed E-state index contributed by atoms with van der Waals surface area (Å²) in [7, 11) is 1.57. The highest BCUT2D eigenvalue weighted by Gasteiger charge is 2.12. The number of aliphatic carboxylic acids is 1. The molecule has 0 radical (unpaired) electrons. The van der Waals surface area contributed by atoms with Gasteiger partial charge in [-0.1, -0.05) is 32.0 Å². The third-order valence-corrected chi connectivity index (χ3v) is 2.32. The first-order valence-corrected chi connectivity index (χ1v) is 5.14. The number of hydrogen-bond donors (Lipinski definition) is 1. The molecule has 0 unspecified atom stereocenters. The lowest BCUT2D eigenvalue weighted by atomic mass is 10.0. The lowest BCUT2D eigenvalue weighted by Gasteiger charge is -2.08. The Bertz CT molecular complexity index is 405. The Morgan fingerprint density at radius 1 is 1.38 bits per heavy atom. The van der Waals surface area contributed by atoms with Gasteiger partial charge in [0.2, 0.25) is 0 Å². The average Bonchev–Trinajstić information content (AvgIpc) is 2.25. The first kappa shape index (κ1) is 12.3. The van der Waals surface area contributed by atoms with E-state index in [0.717, 1.165) is 5.56 Å². The van der Waals surface area contributed by atoms with Crippen molar-refractivity contribution < 1.29 is 14.6 Å². The van der Waals surface area contributed by atoms with Crippen LogP contribution < -0.4 is 4.74 Å². The normalized spacial score (nSPS) is 11.6. The molecule has 0 spiro atoms. The van der Waals surface area contributed by atoms with Crippen LogP contribution in [0, 0.1) is 5.92 Å². The highest BCUT2D eigenvalue weighted by molar-refractivity contribution is 5.93. The van der Waals surface area contributed by atoms with E-state index < -0.39 is 5.97 Å². The number of carboxylic acid groups (broad SMARTS) is 1. The second kappa shape index (κ2) is 5.35. The molecule has 16 heavy (non-hydrogen) atoms. The zero-order valence-electron chi connectivity index (χ0n) is 9.73. The van der Waals surface area contributed by atoms with E-state index in [1.807, 2.05) is 38.1 Å². The van der Waals surface area contributed by atoms with Crippen LogP contribution in [-0.2, 0) is 4.79 Å². The lowest BCUT2D eigenvalue weighted by Crippen LogP contribution is -2.06. The predicted molar refractivity (Wildman–Crippen MR) is 63.4 cm³/mol. The van der Waals surface area contributed by atoms with Crippen molar-refractivity contribution in [2.75, 3.05) is 7.11 Å². The number of carboxylic acids is 1. The molecule has 0 aliphatic heterocycles. The van der Waals surface area contributed by atoms with E-state index in [0.29, 0.717) is 11.3 Å². The molecule has 0 fully saturated rings. The Kier molecular flexibility index (Phi) is 4.11. The summed E-state index contributed by atoms with van der Waals surface area (Å²) in [4.78, 5) is 11.0. The highest BCUT2D eigenvalue weighted by atomic mass is 16.5. The van der Waals surface area contributed by atoms with Gasteiger partial charge in [-0.2, -0.15) is 0 Å². The molecule has 1 aromatic carbocycles. The zero-order valence-corrected chi connectivity index (χ0v) is 9.73. The molecule has 86 valence electrons. The van der Waals surface area contributed by atoms with E-state index in [1.54, 1.807) is 13.2 Å². The van der Waals surface area contributed by atoms with E-state index in [2.05, 4.69) is 0 Å². The summed E-state index contributed by atoms with van der Waals surface area (Å²) in [6.07, 6.45) is 1.66. The molecule has 1 aromatic rings. The third kappa shape index (κ3) is 2.86. The second-order valence-corrected chi connectivity index (χ2v) is 3.80. The molecule has 3 heteroatoms. The Morgan fingerprint density at radius 2 is 2.00 bits per heavy atom. The van der Waals surface area contributed by atoms with E-state index in [4.69, 9.17) is 9.84 Å². The van der Waals surface area contributed by atoms with Crippen LogP contribution in [0.1, 0.15) is 19.4 Å². The molecular weight excluding hydrogens is 204 g/mol. The van der Waals surface area contributed by atoms with Crippen molar-refractivity contribution in [1.29, 1.82) is 0 Å². The molecule has 3 nitrogen and oxygen atoms in total. The van der Waals surface area contributed by atoms with Crippen molar-refractivity contribution in [2.24, 2.45) is 5.92 Å². The van der Waals surface area contributed by atoms with Crippen molar-refractivity contribution >= 4 is 12.0 Å². The fraction of sp³-hybridized carbons (Fsp3) is 0.308. The molecule has 1 N–H and O–H groups in total. The third-order valence-electron chi connectivity index (χ3n) is 2.32. The zero-order chi connectivity index (χ0) is 12.1. The Morgan fingerprint density at radius 3 is 2.50 bits per heavy atom. The van der Waals surface area contributed by atoms with Gasteiger partial charge in [-0.05, 0) is 18.1 Å². The monoisotopic (exact) mass is 220 g/mol. The molecule has 0 amide bonds. The molecule has 0 aliphatic rings. The van der Waals surface area contributed by atoms with Crippen molar-refractivity contribution in [3.63, 3.8) is 0 Å². The average molecular weight is 220 g/mol. The van der Waals surface area contributed by atoms with Gasteiger partial charge in [-0.25, -0.2) is 4.79 Å². The quantitative estimate of drug-likeness (QED) is 0.793. The first-order chi connectivity index (χ1) is 7.56. The van der Waals surface area contributed by atoms with Crippen molar-refractivity contribution in [3.05, 3.63) is 35.4 Å². The maximum absolute atomic E-state index is 11.0. The number of methoxy groups -OCH3 is 1. The lowest BCUT2D eigenvalue weighted by molar-refractivity contribution is -0.133. The Balaban J connectivity index is 3.17. The number of ether oxygens (including phenoxy) is 1. The van der Waals surface area contributed by atoms with Gasteiger partial charge in [-0.3, -0.25) is 0 Å². The number of carbonyl (C=O) groups is 1. The number of rotatable bonds is 4. The summed E-state index contributed by atoms with van der Waals surface area (Å²) >= 11 is 0. The van der Waals surface area contributed by atoms with Crippen LogP contribution in [0.4, 0.5) is 0 Å². The molecule has 0 atom stereocenters. The summed E-state index contributed by atoms with van der Waals surface area (Å²) < 4.78 is 5.17. The van der Waals surface area contributed by atoms with Gasteiger partial charge in [0.05, 0.1) is 7.11 Å². The summed E-state index contributed by atoms with van der Waals surface area (Å²) in [6, 6.07) is 7.36. The smallest absolute Gasteiger partial charge is 0.331 e. The van der Waals surface area contributed by atoms with Crippen molar-refractivity contribution in [1.82, 2.24) is 0 Å². The summed E-state index contributed by atoms with van der Waals surface area (Å²) in [5, 5.41) is 9.06. The van der Waals surface area contributed by atoms with Gasteiger partial charge in [-0.15, -0.1) is 0 Å². The highest BCUT2D eigenvalue weighted by Crippen LogP contribution is 2.22. The SMILES string of the molecule is COc1ccccc1/C=C(/C(=O)O)C(C)C. The molecule has 0 saturated heterocycles. The predicted octanol–water partition coefficient (Wildman–Crippen LogP) is 2.82. The number of para-hydroxylation sites is 1. The molecule has 0 bridgehead atoms. The largest absolute Gasteiger partial charge is 0.496 e. The first-order valence-electron chi connectivity index (χ1n) is 5.14. The molecule has 0 aromatic heterocycles. The van der Waals surface area contributed by atoms with E-state index >= 15 is 0 Å². The Hall–Kier alpha value is -1.77. The molecule has 0 saturated carbocycles. The summed E-state index contributed by atoms with van der Waals surface area (Å²) in [6.45, 7) is 3.71. The van der Waals surface area contributed by atoms with E-state index in [1.165, 1.54) is 0 Å². The van der Waals surface area contributed by atoms with Gasteiger partial charge >= 0.3 is 5.97 Å². The van der Waals surface area contributed by atoms with Crippen LogP contribution in [0.15, 0.2) is 29.8 Å². The van der Waals surface area contributed by atoms with Crippen molar-refractivity contribution in [3.8, 4) is 5.75 Å². The minimum Gasteiger partial charge on any atom is -0.496 e. The maximum atomic E-state index is 11.0. The van der Waals surface area contributed by atoms with Gasteiger partial charge in [0.1, 0.15) is 5.75 Å². The topological polar surface area (TPSA) is 46.5 Å². The van der Waals surface area contributed by atoms with Crippen LogP contribution in [0.2, 0.25) is 0 Å². The van der Waals surface area contributed by atoms with Crippen LogP contribution in [0.5, 0.6) is 5.75 Å². The fourth-order valence-corrected chi connectivity index (χ4v) is 1.43. The molecular formula is C13H16O3. The Labute approximate surface area is 95.4 Å². The van der Waals surface area contributed by atoms with E-state index in [9.17, 15) is 4.79 Å². The summed E-state index contributed by atoms with van der Waals surface area (Å²) in [5.74, 6) is -0.231. The van der Waals surface area contributed by atoms with Crippen LogP contribution >= 0.6 is 0 Å². The standard InChI is InChI=1S/C13H16O3/c1-9(2)11(13(14)15)8-10-6-4-5-7-12(10)16-3/h4-9H,1-3H3,(H,14,15)/b11-8+. The molecule has 0 heterocycles. The van der Waals surface area contributed by atoms with Gasteiger partial charge < -0.3 is 9.84 Å². The second-order valence-electron chi connectivity index (χ2n) is 3.80. The number of hydrogen-bond acceptors (Lipinski definition) is 2. The molecule has 0 aliphatic carbocycles. The van der Waals surface area contributed by atoms with Gasteiger partial charge in [0.15, 0.2) is 0 Å². The van der Waals surface area contributed by atoms with Gasteiger partial charge in [0.25, 0.3) is 0 Å². The fourth-order valence-electron chi connectivity index (χ4n) is 1.43. The number of benzene rings is 1. The van der Waals surface area contributed by atoms with Crippen LogP contribution in [-0.4, -0.2) is 18.2 Å².